The van der Waals surface area contributed by atoms with Crippen molar-refractivity contribution in [1.82, 2.24) is 9.78 Å². The van der Waals surface area contributed by atoms with Crippen molar-refractivity contribution < 1.29 is 4.74 Å². The van der Waals surface area contributed by atoms with Gasteiger partial charge in [0.2, 0.25) is 0 Å². The van der Waals surface area contributed by atoms with Crippen molar-refractivity contribution >= 4 is 57.5 Å². The zero-order valence-electron chi connectivity index (χ0n) is 11.4. The lowest BCUT2D eigenvalue weighted by atomic mass is 10.3. The summed E-state index contributed by atoms with van der Waals surface area (Å²) in [4.78, 5) is 0. The Morgan fingerprint density at radius 1 is 1.37 bits per heavy atom. The molecule has 0 aliphatic heterocycles. The van der Waals surface area contributed by atoms with Crippen molar-refractivity contribution in [2.45, 2.75) is 32.4 Å². The molecule has 0 atom stereocenters. The van der Waals surface area contributed by atoms with Crippen molar-refractivity contribution in [3.8, 4) is 0 Å². The van der Waals surface area contributed by atoms with Crippen LogP contribution in [0.4, 0.5) is 0 Å². The van der Waals surface area contributed by atoms with Gasteiger partial charge in [-0.05, 0) is 46.8 Å². The maximum atomic E-state index is 5.76. The molecule has 1 heterocycles. The fourth-order valence-corrected chi connectivity index (χ4v) is 3.49. The minimum absolute atomic E-state index is 0.537. The lowest BCUT2D eigenvalue weighted by molar-refractivity contribution is 0.0773. The molecule has 19 heavy (non-hydrogen) atoms. The Labute approximate surface area is 137 Å². The average Bonchev–Trinajstić information content (AvgIpc) is 2.61. The van der Waals surface area contributed by atoms with E-state index in [9.17, 15) is 0 Å². The molecule has 0 N–H and O–H groups in total. The molecule has 0 saturated heterocycles. The Morgan fingerprint density at radius 3 is 2.79 bits per heavy atom. The molecule has 1 aromatic heterocycles. The quantitative estimate of drug-likeness (QED) is 0.373. The molecule has 0 aliphatic rings. The standard InChI is InChI=1S/C13H18BrIN2OSi/c1-19(2,3)7-6-18-9-17-13(15)11-8-10(14)4-5-12(11)16-17/h4-5,8H,6-7,9H2,1-3H3. The third-order valence-corrected chi connectivity index (χ3v) is 6.18. The number of fused-ring (bicyclic) bond motifs is 1. The van der Waals surface area contributed by atoms with E-state index in [0.717, 1.165) is 20.3 Å². The van der Waals surface area contributed by atoms with E-state index in [1.807, 2.05) is 16.8 Å². The number of nitrogens with zero attached hydrogens (tertiary/aromatic N) is 2. The molecule has 0 fully saturated rings. The smallest absolute Gasteiger partial charge is 0.140 e. The summed E-state index contributed by atoms with van der Waals surface area (Å²) in [6, 6.07) is 7.33. The van der Waals surface area contributed by atoms with Crippen LogP contribution in [0.3, 0.4) is 0 Å². The lowest BCUT2D eigenvalue weighted by Crippen LogP contribution is -2.22. The van der Waals surface area contributed by atoms with Gasteiger partial charge in [0, 0.05) is 24.5 Å². The van der Waals surface area contributed by atoms with E-state index in [-0.39, 0.29) is 0 Å². The summed E-state index contributed by atoms with van der Waals surface area (Å²) in [7, 11) is -1.01. The molecule has 2 rings (SSSR count). The third-order valence-electron chi connectivity index (χ3n) is 2.85. The summed E-state index contributed by atoms with van der Waals surface area (Å²) < 4.78 is 9.89. The molecular weight excluding hydrogens is 435 g/mol. The second-order valence-corrected chi connectivity index (χ2v) is 13.4. The summed E-state index contributed by atoms with van der Waals surface area (Å²) in [5.74, 6) is 0. The van der Waals surface area contributed by atoms with Crippen LogP contribution in [-0.2, 0) is 11.5 Å². The summed E-state index contributed by atoms with van der Waals surface area (Å²) in [5.41, 5.74) is 1.02. The van der Waals surface area contributed by atoms with Crippen LogP contribution in [-0.4, -0.2) is 24.5 Å². The summed E-state index contributed by atoms with van der Waals surface area (Å²) in [5, 5.41) is 5.73. The minimum Gasteiger partial charge on any atom is -0.359 e. The van der Waals surface area contributed by atoms with E-state index in [1.165, 1.54) is 11.4 Å². The van der Waals surface area contributed by atoms with Crippen molar-refractivity contribution in [3.63, 3.8) is 0 Å². The maximum absolute atomic E-state index is 5.76. The second kappa shape index (κ2) is 6.24. The van der Waals surface area contributed by atoms with E-state index >= 15 is 0 Å². The first-order chi connectivity index (χ1) is 8.87. The molecule has 0 radical (unpaired) electrons. The number of aromatic nitrogens is 2. The lowest BCUT2D eigenvalue weighted by Gasteiger charge is -2.15. The van der Waals surface area contributed by atoms with Gasteiger partial charge in [-0.2, -0.15) is 5.10 Å². The molecule has 0 saturated carbocycles. The number of benzene rings is 1. The van der Waals surface area contributed by atoms with Crippen LogP contribution in [0.15, 0.2) is 22.7 Å². The van der Waals surface area contributed by atoms with E-state index < -0.39 is 8.07 Å². The van der Waals surface area contributed by atoms with E-state index in [2.05, 4.69) is 69.3 Å². The highest BCUT2D eigenvalue weighted by atomic mass is 127. The molecule has 1 aromatic carbocycles. The van der Waals surface area contributed by atoms with Crippen LogP contribution >= 0.6 is 38.5 Å². The van der Waals surface area contributed by atoms with Gasteiger partial charge in [-0.25, -0.2) is 4.68 Å². The first-order valence-corrected chi connectivity index (χ1v) is 11.8. The first kappa shape index (κ1) is 15.5. The topological polar surface area (TPSA) is 27.1 Å². The normalized spacial score (nSPS) is 12.3. The second-order valence-electron chi connectivity index (χ2n) is 5.80. The Morgan fingerprint density at radius 2 is 2.11 bits per heavy atom. The van der Waals surface area contributed by atoms with Gasteiger partial charge >= 0.3 is 0 Å². The van der Waals surface area contributed by atoms with Crippen LogP contribution in [0.1, 0.15) is 0 Å². The van der Waals surface area contributed by atoms with Crippen LogP contribution < -0.4 is 0 Å². The highest BCUT2D eigenvalue weighted by Crippen LogP contribution is 2.24. The molecule has 104 valence electrons. The van der Waals surface area contributed by atoms with Gasteiger partial charge in [0.05, 0.1) is 5.52 Å². The Balaban J connectivity index is 2.03. The molecule has 0 spiro atoms. The Kier molecular flexibility index (Phi) is 5.08. The van der Waals surface area contributed by atoms with Crippen LogP contribution in [0.2, 0.25) is 25.7 Å². The van der Waals surface area contributed by atoms with Crippen molar-refractivity contribution in [2.75, 3.05) is 6.61 Å². The molecule has 3 nitrogen and oxygen atoms in total. The SMILES string of the molecule is C[Si](C)(C)CCOCn1nc2ccc(Br)cc2c1I. The fourth-order valence-electron chi connectivity index (χ4n) is 1.69. The molecule has 6 heteroatoms. The number of rotatable bonds is 5. The van der Waals surface area contributed by atoms with Crippen molar-refractivity contribution in [3.05, 3.63) is 26.4 Å². The monoisotopic (exact) mass is 452 g/mol. The average molecular weight is 453 g/mol. The summed E-state index contributed by atoms with van der Waals surface area (Å²) in [6.07, 6.45) is 0. The van der Waals surface area contributed by atoms with Crippen molar-refractivity contribution in [1.29, 1.82) is 0 Å². The maximum Gasteiger partial charge on any atom is 0.140 e. The highest BCUT2D eigenvalue weighted by Gasteiger charge is 2.13. The molecule has 0 unspecified atom stereocenters. The van der Waals surface area contributed by atoms with Crippen LogP contribution in [0.25, 0.3) is 10.9 Å². The Bertz CT molecular complexity index is 580. The van der Waals surface area contributed by atoms with Gasteiger partial charge in [0.1, 0.15) is 10.4 Å². The third kappa shape index (κ3) is 4.27. The number of halogens is 2. The highest BCUT2D eigenvalue weighted by molar-refractivity contribution is 14.1. The molecule has 0 bridgehead atoms. The van der Waals surface area contributed by atoms with Gasteiger partial charge in [0.15, 0.2) is 0 Å². The molecular formula is C13H18BrIN2OSi. The largest absolute Gasteiger partial charge is 0.359 e. The Hall–Kier alpha value is 0.0769. The van der Waals surface area contributed by atoms with Gasteiger partial charge in [-0.1, -0.05) is 35.6 Å². The van der Waals surface area contributed by atoms with Gasteiger partial charge in [-0.3, -0.25) is 0 Å². The van der Waals surface area contributed by atoms with Gasteiger partial charge in [-0.15, -0.1) is 0 Å². The van der Waals surface area contributed by atoms with E-state index in [0.29, 0.717) is 6.73 Å². The zero-order valence-corrected chi connectivity index (χ0v) is 16.2. The minimum atomic E-state index is -1.01. The van der Waals surface area contributed by atoms with Crippen LogP contribution in [0, 0.1) is 3.70 Å². The molecule has 0 amide bonds. The predicted octanol–water partition coefficient (Wildman–Crippen LogP) is 4.72. The fraction of sp³-hybridized carbons (Fsp3) is 0.462. The number of hydrogen-bond donors (Lipinski definition) is 0. The van der Waals surface area contributed by atoms with E-state index in [1.54, 1.807) is 0 Å². The summed E-state index contributed by atoms with van der Waals surface area (Å²) >= 11 is 5.82. The molecule has 0 aliphatic carbocycles. The number of ether oxygens (including phenoxy) is 1. The van der Waals surface area contributed by atoms with Crippen molar-refractivity contribution in [2.24, 2.45) is 0 Å². The zero-order chi connectivity index (χ0) is 14.0. The predicted molar refractivity (Wildman–Crippen MR) is 94.3 cm³/mol. The molecule has 2 aromatic rings. The van der Waals surface area contributed by atoms with Crippen LogP contribution in [0.5, 0.6) is 0 Å². The summed E-state index contributed by atoms with van der Waals surface area (Å²) in [6.45, 7) is 8.44. The first-order valence-electron chi connectivity index (χ1n) is 6.26. The van der Waals surface area contributed by atoms with E-state index in [4.69, 9.17) is 4.74 Å². The number of hydrogen-bond acceptors (Lipinski definition) is 2. The van der Waals surface area contributed by atoms with Gasteiger partial charge < -0.3 is 4.74 Å². The van der Waals surface area contributed by atoms with Gasteiger partial charge in [0.25, 0.3) is 0 Å².